The Kier molecular flexibility index (Phi) is 11.1. The summed E-state index contributed by atoms with van der Waals surface area (Å²) in [7, 11) is 0. The van der Waals surface area contributed by atoms with Gasteiger partial charge in [-0.3, -0.25) is 9.59 Å². The first-order valence-corrected chi connectivity index (χ1v) is 11.9. The summed E-state index contributed by atoms with van der Waals surface area (Å²) in [6.07, 6.45) is 0. The molecule has 0 heterocycles. The van der Waals surface area contributed by atoms with Crippen LogP contribution < -0.4 is 24.3 Å². The molecule has 35 heavy (non-hydrogen) atoms. The van der Waals surface area contributed by atoms with Crippen LogP contribution in [0, 0.1) is 0 Å². The van der Waals surface area contributed by atoms with Crippen molar-refractivity contribution in [1.29, 1.82) is 0 Å². The molecule has 1 atom stereocenters. The lowest BCUT2D eigenvalue weighted by Crippen LogP contribution is -2.32. The lowest BCUT2D eigenvalue weighted by molar-refractivity contribution is -0.126. The van der Waals surface area contributed by atoms with Crippen molar-refractivity contribution in [3.63, 3.8) is 0 Å². The summed E-state index contributed by atoms with van der Waals surface area (Å²) in [6.45, 7) is 9.94. The minimum absolute atomic E-state index is 0.177. The summed E-state index contributed by atoms with van der Waals surface area (Å²) in [6, 6.07) is 4.80. The Morgan fingerprint density at radius 3 is 2.11 bits per heavy atom. The molecule has 0 spiro atoms. The van der Waals surface area contributed by atoms with Crippen LogP contribution in [-0.2, 0) is 9.59 Å². The van der Waals surface area contributed by atoms with Crippen LogP contribution in [0.3, 0.4) is 0 Å². The average Bonchev–Trinajstić information content (AvgIpc) is 2.79. The van der Waals surface area contributed by atoms with E-state index in [0.29, 0.717) is 54.4 Å². The molecule has 1 amide bonds. The number of halogens is 2. The number of nitrogens with one attached hydrogen (secondary N) is 1. The highest BCUT2D eigenvalue weighted by atomic mass is 35.5. The minimum atomic E-state index is -1.46. The molecule has 2 aromatic carbocycles. The van der Waals surface area contributed by atoms with Crippen molar-refractivity contribution in [1.82, 2.24) is 0 Å². The lowest BCUT2D eigenvalue weighted by atomic mass is 10.2. The van der Waals surface area contributed by atoms with E-state index in [4.69, 9.17) is 42.1 Å². The van der Waals surface area contributed by atoms with Gasteiger partial charge in [0.25, 0.3) is 5.91 Å². The molecular formula is C24H29Cl2N3O6. The maximum absolute atomic E-state index is 13.0. The highest BCUT2D eigenvalue weighted by Gasteiger charge is 2.26. The van der Waals surface area contributed by atoms with Gasteiger partial charge in [-0.15, -0.1) is 0 Å². The Morgan fingerprint density at radius 1 is 0.886 bits per heavy atom. The highest BCUT2D eigenvalue weighted by Crippen LogP contribution is 2.40. The fourth-order valence-electron chi connectivity index (χ4n) is 3.00. The number of nitrogens with zero attached hydrogens (tertiary/aromatic N) is 2. The summed E-state index contributed by atoms with van der Waals surface area (Å²) in [4.78, 5) is 25.3. The molecular weight excluding hydrogens is 497 g/mol. The largest absolute Gasteiger partial charge is 0.494 e. The molecule has 190 valence electrons. The SMILES string of the molecule is CCOc1cc(N=NC(C(C)=O)C(=O)Nc2cc(Cl)cc(OCC)c2OCC)c(Cl)c(OCC)c1. The van der Waals surface area contributed by atoms with Crippen molar-refractivity contribution in [2.45, 2.75) is 40.7 Å². The predicted molar refractivity (Wildman–Crippen MR) is 135 cm³/mol. The van der Waals surface area contributed by atoms with Crippen LogP contribution in [0.25, 0.3) is 0 Å². The fourth-order valence-corrected chi connectivity index (χ4v) is 3.41. The van der Waals surface area contributed by atoms with Gasteiger partial charge in [0.15, 0.2) is 17.3 Å². The Labute approximate surface area is 214 Å². The summed E-state index contributed by atoms with van der Waals surface area (Å²) >= 11 is 12.6. The Balaban J connectivity index is 2.40. The topological polar surface area (TPSA) is 108 Å². The van der Waals surface area contributed by atoms with Gasteiger partial charge in [-0.2, -0.15) is 10.2 Å². The zero-order chi connectivity index (χ0) is 26.0. The van der Waals surface area contributed by atoms with Crippen LogP contribution in [0.4, 0.5) is 11.4 Å². The van der Waals surface area contributed by atoms with E-state index in [1.807, 2.05) is 20.8 Å². The first kappa shape index (κ1) is 28.2. The lowest BCUT2D eigenvalue weighted by Gasteiger charge is -2.17. The van der Waals surface area contributed by atoms with Crippen molar-refractivity contribution in [3.8, 4) is 23.0 Å². The molecule has 0 radical (unpaired) electrons. The molecule has 2 aromatic rings. The average molecular weight is 526 g/mol. The van der Waals surface area contributed by atoms with Gasteiger partial charge in [0.1, 0.15) is 22.2 Å². The molecule has 0 aliphatic carbocycles. The molecule has 1 N–H and O–H groups in total. The molecule has 0 aliphatic heterocycles. The monoisotopic (exact) mass is 525 g/mol. The fraction of sp³-hybridized carbons (Fsp3) is 0.417. The molecule has 0 saturated heterocycles. The van der Waals surface area contributed by atoms with E-state index in [1.54, 1.807) is 25.1 Å². The predicted octanol–water partition coefficient (Wildman–Crippen LogP) is 6.27. The molecule has 2 rings (SSSR count). The number of ether oxygens (including phenoxy) is 4. The van der Waals surface area contributed by atoms with Crippen LogP contribution >= 0.6 is 23.2 Å². The van der Waals surface area contributed by atoms with Crippen LogP contribution in [0.1, 0.15) is 34.6 Å². The van der Waals surface area contributed by atoms with E-state index in [1.165, 1.54) is 13.0 Å². The Morgan fingerprint density at radius 2 is 1.51 bits per heavy atom. The van der Waals surface area contributed by atoms with Crippen LogP contribution in [0.15, 0.2) is 34.5 Å². The molecule has 0 fully saturated rings. The van der Waals surface area contributed by atoms with Gasteiger partial charge in [0, 0.05) is 23.2 Å². The minimum Gasteiger partial charge on any atom is -0.494 e. The smallest absolute Gasteiger partial charge is 0.258 e. The van der Waals surface area contributed by atoms with Gasteiger partial charge < -0.3 is 24.3 Å². The first-order valence-electron chi connectivity index (χ1n) is 11.2. The van der Waals surface area contributed by atoms with Gasteiger partial charge in [0.05, 0.1) is 32.1 Å². The number of amides is 1. The van der Waals surface area contributed by atoms with E-state index in [-0.39, 0.29) is 16.4 Å². The molecule has 11 heteroatoms. The molecule has 1 unspecified atom stereocenters. The third-order valence-corrected chi connectivity index (χ3v) is 4.98. The number of anilines is 1. The summed E-state index contributed by atoms with van der Waals surface area (Å²) in [5.74, 6) is 0.206. The number of hydrogen-bond acceptors (Lipinski definition) is 8. The van der Waals surface area contributed by atoms with Gasteiger partial charge in [-0.25, -0.2) is 0 Å². The number of carbonyl (C=O) groups is 2. The van der Waals surface area contributed by atoms with Crippen molar-refractivity contribution in [2.24, 2.45) is 10.2 Å². The maximum atomic E-state index is 13.0. The Bertz CT molecular complexity index is 1080. The summed E-state index contributed by atoms with van der Waals surface area (Å²) in [5, 5.41) is 11.2. The van der Waals surface area contributed by atoms with E-state index < -0.39 is 17.7 Å². The highest BCUT2D eigenvalue weighted by molar-refractivity contribution is 6.34. The number of hydrogen-bond donors (Lipinski definition) is 1. The second kappa shape index (κ2) is 13.7. The van der Waals surface area contributed by atoms with Crippen molar-refractivity contribution in [2.75, 3.05) is 31.7 Å². The number of rotatable bonds is 13. The summed E-state index contributed by atoms with van der Waals surface area (Å²) in [5.41, 5.74) is 0.431. The number of ketones is 1. The zero-order valence-electron chi connectivity index (χ0n) is 20.3. The van der Waals surface area contributed by atoms with E-state index >= 15 is 0 Å². The Hall–Kier alpha value is -3.04. The molecule has 0 bridgehead atoms. The zero-order valence-corrected chi connectivity index (χ0v) is 21.8. The summed E-state index contributed by atoms with van der Waals surface area (Å²) < 4.78 is 22.3. The van der Waals surface area contributed by atoms with E-state index in [0.717, 1.165) is 0 Å². The van der Waals surface area contributed by atoms with Crippen LogP contribution in [0.5, 0.6) is 23.0 Å². The van der Waals surface area contributed by atoms with Gasteiger partial charge in [-0.05, 0) is 40.7 Å². The normalized spacial score (nSPS) is 11.7. The van der Waals surface area contributed by atoms with Gasteiger partial charge >= 0.3 is 0 Å². The van der Waals surface area contributed by atoms with Crippen molar-refractivity contribution < 1.29 is 28.5 Å². The van der Waals surface area contributed by atoms with E-state index in [9.17, 15) is 9.59 Å². The number of Topliss-reactive ketones (excluding diaryl/α,β-unsaturated/α-hetero) is 1. The third kappa shape index (κ3) is 7.73. The molecule has 0 saturated carbocycles. The first-order chi connectivity index (χ1) is 16.7. The quantitative estimate of drug-likeness (QED) is 0.244. The molecule has 0 aliphatic rings. The maximum Gasteiger partial charge on any atom is 0.258 e. The van der Waals surface area contributed by atoms with Crippen LogP contribution in [-0.4, -0.2) is 44.2 Å². The van der Waals surface area contributed by atoms with Gasteiger partial charge in [-0.1, -0.05) is 23.2 Å². The number of carbonyl (C=O) groups excluding carboxylic acids is 2. The van der Waals surface area contributed by atoms with Crippen molar-refractivity contribution >= 4 is 46.3 Å². The number of azo groups is 1. The second-order valence-electron chi connectivity index (χ2n) is 6.99. The second-order valence-corrected chi connectivity index (χ2v) is 7.80. The molecule has 0 aromatic heterocycles. The van der Waals surface area contributed by atoms with Crippen molar-refractivity contribution in [3.05, 3.63) is 34.3 Å². The van der Waals surface area contributed by atoms with Gasteiger partial charge in [0.2, 0.25) is 6.04 Å². The number of benzene rings is 2. The molecule has 9 nitrogen and oxygen atoms in total. The van der Waals surface area contributed by atoms with Crippen LogP contribution in [0.2, 0.25) is 10.0 Å². The standard InChI is InChI=1S/C24H29Cl2N3O6/c1-6-32-16-12-17(21(26)19(13-16)33-7-2)28-29-22(14(5)30)24(31)27-18-10-15(25)11-20(34-8-3)23(18)35-9-4/h10-13,22H,6-9H2,1-5H3,(H,27,31). The van der Waals surface area contributed by atoms with E-state index in [2.05, 4.69) is 15.5 Å². The third-order valence-electron chi connectivity index (χ3n) is 4.38.